The molecule has 0 bridgehead atoms. The van der Waals surface area contributed by atoms with E-state index in [1.54, 1.807) is 0 Å². The zero-order valence-electron chi connectivity index (χ0n) is 33.3. The molecule has 5 nitrogen and oxygen atoms in total. The predicted octanol–water partition coefficient (Wildman–Crippen LogP) is 14.8. The summed E-state index contributed by atoms with van der Waals surface area (Å²) in [4.78, 5) is 15.6. The van der Waals surface area contributed by atoms with Crippen molar-refractivity contribution >= 4 is 82.8 Å². The summed E-state index contributed by atoms with van der Waals surface area (Å²) in [5.74, 6) is 0.786. The standard InChI is InChI=1S/C56H37N3O2/c1-34-24-29-49(58-55(59-52(34)37-13-3-2-4-14-37)38-27-25-36(26-28-38)42-19-9-17-35-12-7-8-18-41(35)42)46-30-31-57-56-51(46)47-23-11-21-44(54(47)61-56)43-20-10-22-45-48-32-39-15-5-6-16-40(39)33-50(48)60-53(43)45/h2-23,25-34H,24H2,1H3/b49-29+,58-55-,59-52+. The van der Waals surface area contributed by atoms with E-state index in [1.807, 2.05) is 12.3 Å². The summed E-state index contributed by atoms with van der Waals surface area (Å²) in [7, 11) is 0. The molecule has 0 saturated carbocycles. The van der Waals surface area contributed by atoms with Crippen molar-refractivity contribution < 1.29 is 8.83 Å². The molecule has 11 aromatic rings. The Kier molecular flexibility index (Phi) is 8.13. The van der Waals surface area contributed by atoms with Gasteiger partial charge < -0.3 is 8.83 Å². The summed E-state index contributed by atoms with van der Waals surface area (Å²) in [6.07, 6.45) is 4.83. The van der Waals surface area contributed by atoms with E-state index in [0.717, 1.165) is 94.9 Å². The Morgan fingerprint density at radius 3 is 1.93 bits per heavy atom. The number of amidine groups is 1. The fourth-order valence-corrected chi connectivity index (χ4v) is 9.18. The summed E-state index contributed by atoms with van der Waals surface area (Å²) in [6.45, 7) is 2.25. The van der Waals surface area contributed by atoms with Gasteiger partial charge in [0.25, 0.3) is 0 Å². The monoisotopic (exact) mass is 783 g/mol. The molecule has 0 aliphatic carbocycles. The summed E-state index contributed by atoms with van der Waals surface area (Å²) >= 11 is 0. The topological polar surface area (TPSA) is 63.9 Å². The van der Waals surface area contributed by atoms with E-state index in [9.17, 15) is 0 Å². The van der Waals surface area contributed by atoms with E-state index < -0.39 is 0 Å². The Hall–Kier alpha value is -7.89. The van der Waals surface area contributed by atoms with Gasteiger partial charge in [0, 0.05) is 50.5 Å². The number of rotatable bonds is 5. The van der Waals surface area contributed by atoms with Crippen molar-refractivity contribution in [2.24, 2.45) is 15.9 Å². The van der Waals surface area contributed by atoms with Crippen LogP contribution < -0.4 is 0 Å². The van der Waals surface area contributed by atoms with Crippen molar-refractivity contribution in [1.82, 2.24) is 4.98 Å². The highest BCUT2D eigenvalue weighted by molar-refractivity contribution is 6.19. The van der Waals surface area contributed by atoms with E-state index in [2.05, 4.69) is 183 Å². The van der Waals surface area contributed by atoms with Crippen LogP contribution in [0.2, 0.25) is 0 Å². The number of fused-ring (bicyclic) bond motifs is 8. The van der Waals surface area contributed by atoms with Crippen LogP contribution in [0, 0.1) is 5.92 Å². The van der Waals surface area contributed by atoms with Gasteiger partial charge in [-0.3, -0.25) is 0 Å². The lowest BCUT2D eigenvalue weighted by atomic mass is 9.93. The van der Waals surface area contributed by atoms with Gasteiger partial charge in [-0.1, -0.05) is 171 Å². The van der Waals surface area contributed by atoms with Crippen molar-refractivity contribution in [2.45, 2.75) is 13.3 Å². The van der Waals surface area contributed by atoms with E-state index in [-0.39, 0.29) is 5.92 Å². The molecule has 288 valence electrons. The minimum Gasteiger partial charge on any atom is -0.455 e. The number of nitrogens with zero attached hydrogens (tertiary/aromatic N) is 3. The highest BCUT2D eigenvalue weighted by atomic mass is 16.3. The number of furan rings is 2. The van der Waals surface area contributed by atoms with Gasteiger partial charge in [0.2, 0.25) is 5.71 Å². The quantitative estimate of drug-likeness (QED) is 0.175. The number of aliphatic imine (C=N–C) groups is 2. The number of benzene rings is 8. The zero-order chi connectivity index (χ0) is 40.4. The zero-order valence-corrected chi connectivity index (χ0v) is 33.3. The van der Waals surface area contributed by atoms with Crippen LogP contribution in [0.4, 0.5) is 0 Å². The molecule has 3 aromatic heterocycles. The minimum absolute atomic E-state index is 0.129. The maximum atomic E-state index is 6.75. The van der Waals surface area contributed by atoms with Crippen LogP contribution in [-0.4, -0.2) is 16.5 Å². The van der Waals surface area contributed by atoms with Gasteiger partial charge in [0.05, 0.1) is 16.8 Å². The molecule has 0 N–H and O–H groups in total. The van der Waals surface area contributed by atoms with Gasteiger partial charge >= 0.3 is 0 Å². The van der Waals surface area contributed by atoms with Crippen molar-refractivity contribution in [3.63, 3.8) is 0 Å². The van der Waals surface area contributed by atoms with Crippen LogP contribution in [0.15, 0.2) is 207 Å². The normalized spacial score (nSPS) is 17.3. The lowest BCUT2D eigenvalue weighted by Gasteiger charge is -2.18. The van der Waals surface area contributed by atoms with Gasteiger partial charge in [-0.25, -0.2) is 15.0 Å². The molecule has 0 amide bonds. The highest BCUT2D eigenvalue weighted by Gasteiger charge is 2.23. The van der Waals surface area contributed by atoms with Crippen molar-refractivity contribution in [1.29, 1.82) is 0 Å². The van der Waals surface area contributed by atoms with Gasteiger partial charge in [0.1, 0.15) is 16.7 Å². The molecule has 61 heavy (non-hydrogen) atoms. The second-order valence-corrected chi connectivity index (χ2v) is 15.9. The van der Waals surface area contributed by atoms with Gasteiger partial charge in [-0.15, -0.1) is 0 Å². The SMILES string of the molecule is CC1C/C=C(c2ccnc3oc4c(-c5cccc6c5oc5cc7ccccc7cc56)cccc4c23)/N=C(c2ccc(-c3cccc4ccccc34)cc2)\N=C/1c1ccccc1. The molecule has 0 radical (unpaired) electrons. The molecule has 12 rings (SSSR count). The number of hydrogen-bond donors (Lipinski definition) is 0. The summed E-state index contributed by atoms with van der Waals surface area (Å²) in [5, 5.41) is 8.83. The highest BCUT2D eigenvalue weighted by Crippen LogP contribution is 2.43. The fraction of sp³-hybridized carbons (Fsp3) is 0.0536. The Morgan fingerprint density at radius 2 is 1.11 bits per heavy atom. The largest absolute Gasteiger partial charge is 0.455 e. The molecule has 0 spiro atoms. The van der Waals surface area contributed by atoms with E-state index in [4.69, 9.17) is 23.8 Å². The maximum Gasteiger partial charge on any atom is 0.227 e. The third kappa shape index (κ3) is 5.89. The molecule has 0 fully saturated rings. The van der Waals surface area contributed by atoms with Gasteiger partial charge in [-0.2, -0.15) is 0 Å². The minimum atomic E-state index is 0.129. The van der Waals surface area contributed by atoms with Crippen LogP contribution in [-0.2, 0) is 0 Å². The fourth-order valence-electron chi connectivity index (χ4n) is 9.18. The number of para-hydroxylation sites is 2. The molecule has 1 aliphatic heterocycles. The first kappa shape index (κ1) is 35.1. The summed E-state index contributed by atoms with van der Waals surface area (Å²) in [5.41, 5.74) is 12.1. The van der Waals surface area contributed by atoms with E-state index in [1.165, 1.54) is 21.7 Å². The summed E-state index contributed by atoms with van der Waals surface area (Å²) in [6, 6.07) is 61.6. The Balaban J connectivity index is 1.01. The summed E-state index contributed by atoms with van der Waals surface area (Å²) < 4.78 is 13.4. The molecule has 5 heteroatoms. The van der Waals surface area contributed by atoms with Crippen molar-refractivity contribution in [3.05, 3.63) is 205 Å². The first-order valence-electron chi connectivity index (χ1n) is 20.8. The van der Waals surface area contributed by atoms with E-state index in [0.29, 0.717) is 11.5 Å². The lowest BCUT2D eigenvalue weighted by Crippen LogP contribution is -2.17. The van der Waals surface area contributed by atoms with Gasteiger partial charge in [0.15, 0.2) is 5.84 Å². The van der Waals surface area contributed by atoms with Crippen LogP contribution in [0.3, 0.4) is 0 Å². The maximum absolute atomic E-state index is 6.75. The first-order chi connectivity index (χ1) is 30.1. The van der Waals surface area contributed by atoms with Crippen molar-refractivity contribution in [3.8, 4) is 22.3 Å². The average Bonchev–Trinajstić information content (AvgIpc) is 3.88. The average molecular weight is 784 g/mol. The Bertz CT molecular complexity index is 3620. The molecule has 4 heterocycles. The number of pyridine rings is 1. The molecule has 1 atom stereocenters. The van der Waals surface area contributed by atoms with Crippen molar-refractivity contribution in [2.75, 3.05) is 0 Å². The molecule has 1 unspecified atom stereocenters. The van der Waals surface area contributed by atoms with E-state index >= 15 is 0 Å². The smallest absolute Gasteiger partial charge is 0.227 e. The molecule has 8 aromatic carbocycles. The third-order valence-electron chi connectivity index (χ3n) is 12.2. The molecule has 0 saturated heterocycles. The number of allylic oxidation sites excluding steroid dienone is 1. The Labute approximate surface area is 351 Å². The number of hydrogen-bond acceptors (Lipinski definition) is 5. The molecule has 1 aliphatic rings. The van der Waals surface area contributed by atoms with Crippen LogP contribution in [0.5, 0.6) is 0 Å². The third-order valence-corrected chi connectivity index (χ3v) is 12.2. The van der Waals surface area contributed by atoms with Gasteiger partial charge in [-0.05, 0) is 62.9 Å². The van der Waals surface area contributed by atoms with Crippen LogP contribution >= 0.6 is 0 Å². The lowest BCUT2D eigenvalue weighted by molar-refractivity contribution is 0.653. The second-order valence-electron chi connectivity index (χ2n) is 15.9. The molecular formula is C56H37N3O2. The molecular weight excluding hydrogens is 747 g/mol. The second kappa shape index (κ2) is 14.1. The Morgan fingerprint density at radius 1 is 0.475 bits per heavy atom. The number of aromatic nitrogens is 1. The first-order valence-corrected chi connectivity index (χ1v) is 20.8. The van der Waals surface area contributed by atoms with Crippen LogP contribution in [0.1, 0.15) is 30.0 Å². The predicted molar refractivity (Wildman–Crippen MR) is 252 cm³/mol. The van der Waals surface area contributed by atoms with Crippen LogP contribution in [0.25, 0.3) is 93.5 Å².